The number of hydrogen-bond donors (Lipinski definition) is 0. The fraction of sp³-hybridized carbons (Fsp3) is 0.931. The topological polar surface area (TPSA) is 133 Å². The summed E-state index contributed by atoms with van der Waals surface area (Å²) in [7, 11) is -9.22. The maximum absolute atomic E-state index is 10.9. The Morgan fingerprint density at radius 1 is 0.319 bits per heavy atom. The zero-order valence-electron chi connectivity index (χ0n) is 46.2. The second-order valence-electron chi connectivity index (χ2n) is 20.4. The van der Waals surface area contributed by atoms with Crippen LogP contribution >= 0.6 is 0 Å². The van der Waals surface area contributed by atoms with Crippen LogP contribution in [-0.2, 0) is 29.2 Å². The molecule has 408 valence electrons. The van der Waals surface area contributed by atoms with Gasteiger partial charge in [0, 0.05) is 11.8 Å². The number of unbranched alkanes of at least 4 members (excludes halogenated alkanes) is 40. The summed E-state index contributed by atoms with van der Waals surface area (Å²) in [5.74, 6) is 0.0382. The van der Waals surface area contributed by atoms with Gasteiger partial charge < -0.3 is 9.11 Å². The van der Waals surface area contributed by atoms with E-state index in [0.717, 1.165) is 38.5 Å². The maximum Gasteiger partial charge on any atom is 2.00 e. The molecule has 0 aromatic rings. The Morgan fingerprint density at radius 2 is 0.507 bits per heavy atom. The molecule has 0 radical (unpaired) electrons. The Balaban J connectivity index is -0.00000124. The van der Waals surface area contributed by atoms with E-state index < -0.39 is 20.8 Å². The molecule has 2 atom stereocenters. The van der Waals surface area contributed by atoms with Gasteiger partial charge in [0.15, 0.2) is 0 Å². The van der Waals surface area contributed by atoms with Crippen LogP contribution in [0.5, 0.6) is 0 Å². The minimum absolute atomic E-state index is 0. The summed E-state index contributed by atoms with van der Waals surface area (Å²) in [5.41, 5.74) is 0. The third-order valence-electron chi connectivity index (χ3n) is 13.5. The Kier molecular flexibility index (Phi) is 63.4. The van der Waals surface area contributed by atoms with Crippen molar-refractivity contribution in [1.29, 1.82) is 0 Å². The van der Waals surface area contributed by atoms with Gasteiger partial charge in [0.25, 0.3) is 0 Å². The first kappa shape index (κ1) is 73.7. The van der Waals surface area contributed by atoms with Crippen LogP contribution < -0.4 is 0 Å². The van der Waals surface area contributed by atoms with Crippen LogP contribution in [0, 0.1) is 11.8 Å². The molecule has 2 unspecified atom stereocenters. The fourth-order valence-electron chi connectivity index (χ4n) is 9.03. The van der Waals surface area contributed by atoms with E-state index in [9.17, 15) is 25.9 Å². The van der Waals surface area contributed by atoms with Gasteiger partial charge >= 0.3 is 37.7 Å². The van der Waals surface area contributed by atoms with Gasteiger partial charge in [-0.1, -0.05) is 309 Å². The quantitative estimate of drug-likeness (QED) is 0.0193. The van der Waals surface area contributed by atoms with Gasteiger partial charge in [0.1, 0.15) is 0 Å². The summed E-state index contributed by atoms with van der Waals surface area (Å²) < 4.78 is 74.3. The molecule has 0 bridgehead atoms. The standard InChI is InChI=1S/2C29H58O4S.Ca/c2*1-3-5-7-9-11-13-14-15-16-17-19-21-23-25-27-29(28-33-34(30,31)32)26-24-22-20-18-12-10-8-6-4-2;/h2*24,26,29H,3-23,25,27-28H2,1-2H3,(H,30,31,32);/q;;+2/p-2/b2*26-24+;. The SMILES string of the molecule is CCCCCCCCC/C=C/C(CCCCCCCCCCCCCCCC)COS(=O)(=O)[O-].CCCCCCCCC/C=C/C(CCCCCCCCCCCCCCCC)COS(=O)(=O)[O-].[Ca+2]. The average Bonchev–Trinajstić information content (AvgIpc) is 3.30. The van der Waals surface area contributed by atoms with Gasteiger partial charge in [-0.05, 0) is 38.5 Å². The van der Waals surface area contributed by atoms with E-state index in [4.69, 9.17) is 0 Å². The minimum atomic E-state index is -4.61. The average molecular weight is 1040 g/mol. The van der Waals surface area contributed by atoms with Crippen LogP contribution in [0.3, 0.4) is 0 Å². The van der Waals surface area contributed by atoms with E-state index in [1.165, 1.54) is 257 Å². The number of allylic oxidation sites excluding steroid dienone is 2. The predicted molar refractivity (Wildman–Crippen MR) is 297 cm³/mol. The van der Waals surface area contributed by atoms with Crippen molar-refractivity contribution in [3.8, 4) is 0 Å². The van der Waals surface area contributed by atoms with Crippen molar-refractivity contribution >= 4 is 58.5 Å². The van der Waals surface area contributed by atoms with Crippen LogP contribution in [0.25, 0.3) is 0 Å². The molecule has 69 heavy (non-hydrogen) atoms. The first-order chi connectivity index (χ1) is 33.0. The molecule has 0 rings (SSSR count). The molecule has 0 spiro atoms. The summed E-state index contributed by atoms with van der Waals surface area (Å²) in [5, 5.41) is 0. The molecule has 0 heterocycles. The molecule has 0 aromatic carbocycles. The minimum Gasteiger partial charge on any atom is -0.726 e. The van der Waals surface area contributed by atoms with E-state index in [0.29, 0.717) is 0 Å². The summed E-state index contributed by atoms with van der Waals surface area (Å²) >= 11 is 0. The first-order valence-corrected chi connectivity index (χ1v) is 32.2. The van der Waals surface area contributed by atoms with Gasteiger partial charge in [0.2, 0.25) is 20.8 Å². The molecule has 0 amide bonds. The summed E-state index contributed by atoms with van der Waals surface area (Å²) in [6.07, 6.45) is 67.4. The summed E-state index contributed by atoms with van der Waals surface area (Å²) in [6.45, 7) is 8.98. The molecule has 0 aromatic heterocycles. The molecule has 0 saturated carbocycles. The molecule has 0 N–H and O–H groups in total. The third kappa shape index (κ3) is 68.5. The zero-order valence-corrected chi connectivity index (χ0v) is 50.0. The van der Waals surface area contributed by atoms with Crippen molar-refractivity contribution in [3.63, 3.8) is 0 Å². The van der Waals surface area contributed by atoms with Crippen molar-refractivity contribution in [2.45, 2.75) is 323 Å². The smallest absolute Gasteiger partial charge is 0.726 e. The second kappa shape index (κ2) is 59.4. The van der Waals surface area contributed by atoms with E-state index in [1.807, 2.05) is 0 Å². The maximum atomic E-state index is 10.9. The zero-order chi connectivity index (χ0) is 50.3. The van der Waals surface area contributed by atoms with Crippen molar-refractivity contribution < 1.29 is 34.3 Å². The molecular weight excluding hydrogens is 929 g/mol. The monoisotopic (exact) mass is 1040 g/mol. The van der Waals surface area contributed by atoms with E-state index in [1.54, 1.807) is 0 Å². The van der Waals surface area contributed by atoms with Gasteiger partial charge in [-0.2, -0.15) is 0 Å². The van der Waals surface area contributed by atoms with E-state index in [2.05, 4.69) is 60.4 Å². The van der Waals surface area contributed by atoms with Gasteiger partial charge in [-0.15, -0.1) is 0 Å². The predicted octanol–water partition coefficient (Wildman–Crippen LogP) is 18.9. The second-order valence-corrected chi connectivity index (χ2v) is 22.5. The van der Waals surface area contributed by atoms with Gasteiger partial charge in [0.05, 0.1) is 13.2 Å². The number of hydrogen-bond acceptors (Lipinski definition) is 8. The van der Waals surface area contributed by atoms with Crippen LogP contribution in [0.1, 0.15) is 323 Å². The molecular formula is C58H114CaO8S2. The largest absolute Gasteiger partial charge is 2.00 e. The van der Waals surface area contributed by atoms with Crippen molar-refractivity contribution in [2.24, 2.45) is 11.8 Å². The molecule has 0 aliphatic carbocycles. The fourth-order valence-corrected chi connectivity index (χ4v) is 9.71. The van der Waals surface area contributed by atoms with Crippen molar-refractivity contribution in [2.75, 3.05) is 13.2 Å². The first-order valence-electron chi connectivity index (χ1n) is 29.5. The Hall–Kier alpha value is 0.480. The molecule has 0 aliphatic rings. The van der Waals surface area contributed by atoms with E-state index >= 15 is 0 Å². The summed E-state index contributed by atoms with van der Waals surface area (Å²) in [4.78, 5) is 0. The number of rotatable bonds is 54. The Bertz CT molecular complexity index is 1160. The molecule has 0 fully saturated rings. The van der Waals surface area contributed by atoms with Crippen LogP contribution in [0.4, 0.5) is 0 Å². The molecule has 8 nitrogen and oxygen atoms in total. The van der Waals surface area contributed by atoms with Crippen LogP contribution in [-0.4, -0.2) is 76.9 Å². The van der Waals surface area contributed by atoms with Crippen molar-refractivity contribution in [1.82, 2.24) is 0 Å². The summed E-state index contributed by atoms with van der Waals surface area (Å²) in [6, 6.07) is 0. The van der Waals surface area contributed by atoms with Gasteiger partial charge in [-0.25, -0.2) is 16.8 Å². The van der Waals surface area contributed by atoms with Crippen molar-refractivity contribution in [3.05, 3.63) is 24.3 Å². The Morgan fingerprint density at radius 3 is 0.710 bits per heavy atom. The Labute approximate surface area is 461 Å². The normalized spacial score (nSPS) is 13.0. The molecule has 0 saturated heterocycles. The van der Waals surface area contributed by atoms with E-state index in [-0.39, 0.29) is 62.8 Å². The van der Waals surface area contributed by atoms with Crippen LogP contribution in [0.2, 0.25) is 0 Å². The molecule has 0 aliphatic heterocycles. The molecule has 11 heteroatoms. The third-order valence-corrected chi connectivity index (χ3v) is 14.3. The van der Waals surface area contributed by atoms with Gasteiger partial charge in [-0.3, -0.25) is 8.37 Å². The van der Waals surface area contributed by atoms with Crippen LogP contribution in [0.15, 0.2) is 24.3 Å².